The highest BCUT2D eigenvalue weighted by Gasteiger charge is 2.27. The molecule has 1 amide bonds. The summed E-state index contributed by atoms with van der Waals surface area (Å²) in [6.07, 6.45) is 0.249. The first kappa shape index (κ1) is 24.5. The van der Waals surface area contributed by atoms with Gasteiger partial charge >= 0.3 is 0 Å². The highest BCUT2D eigenvalue weighted by Crippen LogP contribution is 2.27. The quantitative estimate of drug-likeness (QED) is 0.408. The molecule has 0 aliphatic rings. The van der Waals surface area contributed by atoms with Crippen LogP contribution in [0.2, 0.25) is 0 Å². The van der Waals surface area contributed by atoms with Gasteiger partial charge in [-0.2, -0.15) is 14.0 Å². The predicted molar refractivity (Wildman–Crippen MR) is 135 cm³/mol. The standard InChI is InChI=1S/C26H24N4O3S2/c1-26(2,3)20-9-11-21(12-10-20)35(32,33)30-25(31)22(14-17-4-6-18(16-27)7-5-17)19-8-13-23-24(15-19)29-34-28-23/h4-13,15,22H,14H2,1-3H3,(H,30,31). The average molecular weight is 505 g/mol. The minimum absolute atomic E-state index is 0.0233. The Labute approximate surface area is 208 Å². The van der Waals surface area contributed by atoms with E-state index < -0.39 is 21.8 Å². The summed E-state index contributed by atoms with van der Waals surface area (Å²) in [5.74, 6) is -1.44. The number of nitrogens with one attached hydrogen (secondary N) is 1. The molecule has 0 saturated carbocycles. The smallest absolute Gasteiger partial charge is 0.264 e. The Morgan fingerprint density at radius 2 is 1.66 bits per heavy atom. The van der Waals surface area contributed by atoms with Crippen molar-refractivity contribution in [2.24, 2.45) is 0 Å². The van der Waals surface area contributed by atoms with E-state index in [1.54, 1.807) is 54.6 Å². The van der Waals surface area contributed by atoms with Crippen LogP contribution in [0.5, 0.6) is 0 Å². The molecule has 35 heavy (non-hydrogen) atoms. The third-order valence-electron chi connectivity index (χ3n) is 5.79. The number of nitrogens with zero attached hydrogens (tertiary/aromatic N) is 3. The second-order valence-corrected chi connectivity index (χ2v) is 11.5. The fourth-order valence-electron chi connectivity index (χ4n) is 3.73. The highest BCUT2D eigenvalue weighted by molar-refractivity contribution is 7.90. The molecular formula is C26H24N4O3S2. The van der Waals surface area contributed by atoms with E-state index >= 15 is 0 Å². The fourth-order valence-corrected chi connectivity index (χ4v) is 5.26. The minimum Gasteiger partial charge on any atom is -0.273 e. The number of fused-ring (bicyclic) bond motifs is 1. The van der Waals surface area contributed by atoms with Gasteiger partial charge in [0, 0.05) is 0 Å². The molecule has 1 atom stereocenters. The van der Waals surface area contributed by atoms with Gasteiger partial charge in [-0.25, -0.2) is 13.1 Å². The third-order valence-corrected chi connectivity index (χ3v) is 7.70. The Morgan fingerprint density at radius 1 is 1.00 bits per heavy atom. The van der Waals surface area contributed by atoms with Gasteiger partial charge in [0.2, 0.25) is 5.91 Å². The lowest BCUT2D eigenvalue weighted by atomic mass is 9.87. The Balaban J connectivity index is 1.65. The fraction of sp³-hybridized carbons (Fsp3) is 0.231. The molecule has 1 unspecified atom stereocenters. The van der Waals surface area contributed by atoms with E-state index in [2.05, 4.69) is 19.5 Å². The van der Waals surface area contributed by atoms with Gasteiger partial charge in [-0.15, -0.1) is 0 Å². The highest BCUT2D eigenvalue weighted by atomic mass is 32.2. The molecule has 1 N–H and O–H groups in total. The van der Waals surface area contributed by atoms with E-state index in [9.17, 15) is 13.2 Å². The van der Waals surface area contributed by atoms with Gasteiger partial charge in [0.1, 0.15) is 11.0 Å². The van der Waals surface area contributed by atoms with E-state index in [0.717, 1.165) is 22.9 Å². The zero-order chi connectivity index (χ0) is 25.2. The summed E-state index contributed by atoms with van der Waals surface area (Å²) < 4.78 is 36.8. The molecule has 3 aromatic carbocycles. The molecule has 0 aliphatic carbocycles. The van der Waals surface area contributed by atoms with E-state index in [1.807, 2.05) is 20.8 Å². The van der Waals surface area contributed by atoms with Gasteiger partial charge in [0.05, 0.1) is 34.2 Å². The summed E-state index contributed by atoms with van der Waals surface area (Å²) in [5.41, 5.74) is 4.16. The van der Waals surface area contributed by atoms with Gasteiger partial charge in [0.25, 0.3) is 10.0 Å². The van der Waals surface area contributed by atoms with Crippen LogP contribution in [0.4, 0.5) is 0 Å². The molecule has 4 aromatic rings. The molecule has 0 aliphatic heterocycles. The number of rotatable bonds is 6. The van der Waals surface area contributed by atoms with Crippen molar-refractivity contribution in [1.29, 1.82) is 5.26 Å². The Morgan fingerprint density at radius 3 is 2.29 bits per heavy atom. The molecule has 0 bridgehead atoms. The van der Waals surface area contributed by atoms with Crippen LogP contribution in [0.1, 0.15) is 48.9 Å². The van der Waals surface area contributed by atoms with Gasteiger partial charge in [-0.1, -0.05) is 51.1 Å². The first-order valence-corrected chi connectivity index (χ1v) is 13.2. The van der Waals surface area contributed by atoms with Crippen LogP contribution >= 0.6 is 11.7 Å². The summed E-state index contributed by atoms with van der Waals surface area (Å²) in [4.78, 5) is 13.4. The second kappa shape index (κ2) is 9.56. The average Bonchev–Trinajstić information content (AvgIpc) is 3.30. The molecule has 0 fully saturated rings. The molecule has 0 spiro atoms. The number of carbonyl (C=O) groups excluding carboxylic acids is 1. The van der Waals surface area contributed by atoms with Crippen LogP contribution in [0, 0.1) is 11.3 Å². The van der Waals surface area contributed by atoms with Gasteiger partial charge in [-0.3, -0.25) is 4.79 Å². The molecule has 7 nitrogen and oxygen atoms in total. The van der Waals surface area contributed by atoms with Crippen molar-refractivity contribution >= 4 is 38.7 Å². The van der Waals surface area contributed by atoms with Crippen LogP contribution in [0.15, 0.2) is 71.6 Å². The first-order valence-electron chi connectivity index (χ1n) is 11.0. The maximum absolute atomic E-state index is 13.4. The van der Waals surface area contributed by atoms with Crippen LogP contribution in [0.25, 0.3) is 11.0 Å². The normalized spacial score (nSPS) is 12.7. The summed E-state index contributed by atoms with van der Waals surface area (Å²) in [7, 11) is -4.08. The van der Waals surface area contributed by atoms with Gasteiger partial charge in [-0.05, 0) is 64.9 Å². The topological polar surface area (TPSA) is 113 Å². The number of aromatic nitrogens is 2. The van der Waals surface area contributed by atoms with Gasteiger partial charge in [0.15, 0.2) is 0 Å². The summed E-state index contributed by atoms with van der Waals surface area (Å²) in [5, 5.41) is 9.06. The first-order chi connectivity index (χ1) is 16.6. The summed E-state index contributed by atoms with van der Waals surface area (Å²) in [6, 6.07) is 20.8. The molecule has 178 valence electrons. The number of nitriles is 1. The molecule has 0 radical (unpaired) electrons. The van der Waals surface area contributed by atoms with Crippen molar-refractivity contribution in [2.75, 3.05) is 0 Å². The van der Waals surface area contributed by atoms with Crippen LogP contribution in [-0.4, -0.2) is 23.1 Å². The van der Waals surface area contributed by atoms with Crippen LogP contribution in [0.3, 0.4) is 0 Å². The largest absolute Gasteiger partial charge is 0.273 e. The van der Waals surface area contributed by atoms with E-state index in [1.165, 1.54) is 12.1 Å². The van der Waals surface area contributed by atoms with E-state index in [0.29, 0.717) is 22.2 Å². The third kappa shape index (κ3) is 5.56. The van der Waals surface area contributed by atoms with Crippen molar-refractivity contribution in [1.82, 2.24) is 13.5 Å². The summed E-state index contributed by atoms with van der Waals surface area (Å²) in [6.45, 7) is 6.13. The zero-order valence-corrected chi connectivity index (χ0v) is 21.2. The maximum Gasteiger partial charge on any atom is 0.264 e. The lowest BCUT2D eigenvalue weighted by Crippen LogP contribution is -2.35. The Bertz CT molecular complexity index is 1510. The molecule has 4 rings (SSSR count). The van der Waals surface area contributed by atoms with Crippen molar-refractivity contribution in [3.8, 4) is 6.07 Å². The molecule has 1 heterocycles. The van der Waals surface area contributed by atoms with Gasteiger partial charge < -0.3 is 0 Å². The number of benzene rings is 3. The Kier molecular flexibility index (Phi) is 6.70. The number of hydrogen-bond acceptors (Lipinski definition) is 7. The van der Waals surface area contributed by atoms with Crippen molar-refractivity contribution in [2.45, 2.75) is 43.4 Å². The lowest BCUT2D eigenvalue weighted by Gasteiger charge is -2.20. The molecular weight excluding hydrogens is 480 g/mol. The number of hydrogen-bond donors (Lipinski definition) is 1. The van der Waals surface area contributed by atoms with Crippen molar-refractivity contribution in [3.05, 3.63) is 89.0 Å². The van der Waals surface area contributed by atoms with Crippen molar-refractivity contribution < 1.29 is 13.2 Å². The number of amides is 1. The zero-order valence-electron chi connectivity index (χ0n) is 19.5. The van der Waals surface area contributed by atoms with Crippen molar-refractivity contribution in [3.63, 3.8) is 0 Å². The van der Waals surface area contributed by atoms with E-state index in [4.69, 9.17) is 5.26 Å². The number of carbonyl (C=O) groups is 1. The second-order valence-electron chi connectivity index (χ2n) is 9.32. The van der Waals surface area contributed by atoms with Crippen LogP contribution < -0.4 is 4.72 Å². The number of sulfonamides is 1. The maximum atomic E-state index is 13.4. The SMILES string of the molecule is CC(C)(C)c1ccc(S(=O)(=O)NC(=O)C(Cc2ccc(C#N)cc2)c2ccc3nsnc3c2)cc1. The molecule has 1 aromatic heterocycles. The predicted octanol–water partition coefficient (Wildman–Crippen LogP) is 4.69. The minimum atomic E-state index is -4.08. The molecule has 9 heteroatoms. The monoisotopic (exact) mass is 504 g/mol. The summed E-state index contributed by atoms with van der Waals surface area (Å²) >= 11 is 1.07. The van der Waals surface area contributed by atoms with Crippen LogP contribution in [-0.2, 0) is 26.7 Å². The lowest BCUT2D eigenvalue weighted by molar-refractivity contribution is -0.120. The Hall–Kier alpha value is -3.61. The molecule has 0 saturated heterocycles. The van der Waals surface area contributed by atoms with E-state index in [-0.39, 0.29) is 16.7 Å².